The van der Waals surface area contributed by atoms with Gasteiger partial charge in [0.1, 0.15) is 11.5 Å². The average molecular weight is 448 g/mol. The normalized spacial score (nSPS) is 12.6. The Balaban J connectivity index is 1.88. The van der Waals surface area contributed by atoms with E-state index in [9.17, 15) is 9.18 Å². The van der Waals surface area contributed by atoms with E-state index in [-0.39, 0.29) is 23.2 Å². The van der Waals surface area contributed by atoms with Crippen molar-refractivity contribution >= 4 is 29.1 Å². The third-order valence-electron chi connectivity index (χ3n) is 4.82. The summed E-state index contributed by atoms with van der Waals surface area (Å²) in [7, 11) is 0. The van der Waals surface area contributed by atoms with Crippen molar-refractivity contribution in [3.8, 4) is 0 Å². The van der Waals surface area contributed by atoms with Gasteiger partial charge in [-0.3, -0.25) is 9.48 Å². The lowest BCUT2D eigenvalue weighted by atomic mass is 9.92. The lowest BCUT2D eigenvalue weighted by molar-refractivity contribution is 0.0929. The van der Waals surface area contributed by atoms with Gasteiger partial charge in [0.15, 0.2) is 0 Å². The van der Waals surface area contributed by atoms with Gasteiger partial charge in [-0.15, -0.1) is 0 Å². The van der Waals surface area contributed by atoms with Crippen LogP contribution in [0.1, 0.15) is 61.0 Å². The molecule has 0 aliphatic carbocycles. The maximum atomic E-state index is 13.2. The van der Waals surface area contributed by atoms with Crippen molar-refractivity contribution in [2.75, 3.05) is 0 Å². The van der Waals surface area contributed by atoms with Crippen LogP contribution in [0.5, 0.6) is 0 Å². The van der Waals surface area contributed by atoms with Gasteiger partial charge in [0.2, 0.25) is 0 Å². The summed E-state index contributed by atoms with van der Waals surface area (Å²) in [6, 6.07) is 13.0. The minimum Gasteiger partial charge on any atom is -0.344 e. The Labute approximate surface area is 186 Å². The number of rotatable bonds is 5. The summed E-state index contributed by atoms with van der Waals surface area (Å²) in [6.45, 7) is 8.36. The smallest absolute Gasteiger partial charge is 0.270 e. The summed E-state index contributed by atoms with van der Waals surface area (Å²) in [5.41, 5.74) is 2.72. The van der Waals surface area contributed by atoms with Crippen molar-refractivity contribution < 1.29 is 9.18 Å². The molecule has 7 heteroatoms. The standard InChI is InChI=1S/C23H24Cl2FN3O/c1-14(16-7-10-18(24)19(25)11-16)27-22(30)20-12-21(23(2,3)4)28-29(20)13-15-5-8-17(26)9-6-15/h5-12,14H,13H2,1-4H3,(H,27,30). The molecule has 0 saturated heterocycles. The lowest BCUT2D eigenvalue weighted by Gasteiger charge is -2.16. The van der Waals surface area contributed by atoms with Crippen LogP contribution in [0.15, 0.2) is 48.5 Å². The van der Waals surface area contributed by atoms with E-state index in [0.29, 0.717) is 22.3 Å². The van der Waals surface area contributed by atoms with Gasteiger partial charge < -0.3 is 5.32 Å². The summed E-state index contributed by atoms with van der Waals surface area (Å²) < 4.78 is 14.9. The molecule has 0 radical (unpaired) electrons. The molecule has 1 atom stereocenters. The predicted octanol–water partition coefficient (Wildman–Crippen LogP) is 6.17. The first-order valence-corrected chi connectivity index (χ1v) is 10.4. The second-order valence-electron chi connectivity index (χ2n) is 8.32. The Bertz CT molecular complexity index is 1060. The Morgan fingerprint density at radius 3 is 2.37 bits per heavy atom. The molecule has 0 fully saturated rings. The van der Waals surface area contributed by atoms with Gasteiger partial charge >= 0.3 is 0 Å². The van der Waals surface area contributed by atoms with Crippen molar-refractivity contribution in [3.63, 3.8) is 0 Å². The second-order valence-corrected chi connectivity index (χ2v) is 9.13. The molecular weight excluding hydrogens is 424 g/mol. The maximum Gasteiger partial charge on any atom is 0.270 e. The zero-order valence-corrected chi connectivity index (χ0v) is 18.9. The lowest BCUT2D eigenvalue weighted by Crippen LogP contribution is -2.29. The molecule has 1 aromatic heterocycles. The molecule has 3 aromatic rings. The SMILES string of the molecule is CC(NC(=O)c1cc(C(C)(C)C)nn1Cc1ccc(F)cc1)c1ccc(Cl)c(Cl)c1. The Morgan fingerprint density at radius 2 is 1.77 bits per heavy atom. The van der Waals surface area contributed by atoms with E-state index in [1.54, 1.807) is 35.0 Å². The fourth-order valence-electron chi connectivity index (χ4n) is 2.98. The molecule has 0 saturated carbocycles. The quantitative estimate of drug-likeness (QED) is 0.508. The molecule has 30 heavy (non-hydrogen) atoms. The minimum atomic E-state index is -0.303. The third-order valence-corrected chi connectivity index (χ3v) is 5.56. The first-order chi connectivity index (χ1) is 14.0. The molecule has 3 rings (SSSR count). The fraction of sp³-hybridized carbons (Fsp3) is 0.304. The number of carbonyl (C=O) groups is 1. The first-order valence-electron chi connectivity index (χ1n) is 9.63. The Morgan fingerprint density at radius 1 is 1.10 bits per heavy atom. The molecule has 158 valence electrons. The van der Waals surface area contributed by atoms with Gasteiger partial charge in [0.05, 0.1) is 28.3 Å². The highest BCUT2D eigenvalue weighted by atomic mass is 35.5. The number of benzene rings is 2. The molecule has 1 unspecified atom stereocenters. The third kappa shape index (κ3) is 5.21. The van der Waals surface area contributed by atoms with Crippen molar-refractivity contribution in [3.05, 3.63) is 86.9 Å². The zero-order valence-electron chi connectivity index (χ0n) is 17.3. The summed E-state index contributed by atoms with van der Waals surface area (Å²) >= 11 is 12.1. The molecule has 0 aliphatic rings. The molecule has 0 bridgehead atoms. The van der Waals surface area contributed by atoms with E-state index in [0.717, 1.165) is 16.8 Å². The number of nitrogens with zero attached hydrogens (tertiary/aromatic N) is 2. The van der Waals surface area contributed by atoms with Crippen LogP contribution >= 0.6 is 23.2 Å². The number of halogens is 3. The van der Waals surface area contributed by atoms with E-state index in [1.165, 1.54) is 12.1 Å². The van der Waals surface area contributed by atoms with E-state index >= 15 is 0 Å². The van der Waals surface area contributed by atoms with Crippen molar-refractivity contribution in [2.24, 2.45) is 0 Å². The monoisotopic (exact) mass is 447 g/mol. The highest BCUT2D eigenvalue weighted by molar-refractivity contribution is 6.42. The minimum absolute atomic E-state index is 0.224. The molecular formula is C23H24Cl2FN3O. The molecule has 1 heterocycles. The van der Waals surface area contributed by atoms with E-state index in [1.807, 2.05) is 33.8 Å². The Kier molecular flexibility index (Phi) is 6.53. The zero-order chi connectivity index (χ0) is 22.1. The van der Waals surface area contributed by atoms with Gasteiger partial charge in [-0.2, -0.15) is 5.10 Å². The number of aromatic nitrogens is 2. The number of hydrogen-bond acceptors (Lipinski definition) is 2. The predicted molar refractivity (Wildman–Crippen MR) is 119 cm³/mol. The molecule has 0 aliphatic heterocycles. The summed E-state index contributed by atoms with van der Waals surface area (Å²) in [5, 5.41) is 8.55. The van der Waals surface area contributed by atoms with Crippen LogP contribution in [0.4, 0.5) is 4.39 Å². The molecule has 1 N–H and O–H groups in total. The number of hydrogen-bond donors (Lipinski definition) is 1. The molecule has 4 nitrogen and oxygen atoms in total. The van der Waals surface area contributed by atoms with Crippen LogP contribution in [0, 0.1) is 5.82 Å². The van der Waals surface area contributed by atoms with Gasteiger partial charge in [-0.25, -0.2) is 4.39 Å². The van der Waals surface area contributed by atoms with Crippen LogP contribution in [-0.2, 0) is 12.0 Å². The van der Waals surface area contributed by atoms with Crippen LogP contribution in [0.25, 0.3) is 0 Å². The van der Waals surface area contributed by atoms with Crippen molar-refractivity contribution in [2.45, 2.75) is 45.7 Å². The van der Waals surface area contributed by atoms with Gasteiger partial charge in [-0.05, 0) is 48.4 Å². The van der Waals surface area contributed by atoms with E-state index in [2.05, 4.69) is 10.4 Å². The van der Waals surface area contributed by atoms with Crippen molar-refractivity contribution in [1.82, 2.24) is 15.1 Å². The van der Waals surface area contributed by atoms with Gasteiger partial charge in [0, 0.05) is 5.41 Å². The molecule has 2 aromatic carbocycles. The topological polar surface area (TPSA) is 46.9 Å². The van der Waals surface area contributed by atoms with Crippen molar-refractivity contribution in [1.29, 1.82) is 0 Å². The number of amides is 1. The maximum absolute atomic E-state index is 13.2. The summed E-state index contributed by atoms with van der Waals surface area (Å²) in [5.74, 6) is -0.554. The average Bonchev–Trinajstić information content (AvgIpc) is 3.10. The van der Waals surface area contributed by atoms with Crippen LogP contribution in [0.3, 0.4) is 0 Å². The van der Waals surface area contributed by atoms with E-state index in [4.69, 9.17) is 23.2 Å². The highest BCUT2D eigenvalue weighted by Crippen LogP contribution is 2.26. The second kappa shape index (κ2) is 8.78. The largest absolute Gasteiger partial charge is 0.344 e. The van der Waals surface area contributed by atoms with Crippen LogP contribution in [-0.4, -0.2) is 15.7 Å². The summed E-state index contributed by atoms with van der Waals surface area (Å²) in [4.78, 5) is 13.1. The first kappa shape index (κ1) is 22.3. The highest BCUT2D eigenvalue weighted by Gasteiger charge is 2.24. The van der Waals surface area contributed by atoms with Gasteiger partial charge in [-0.1, -0.05) is 62.2 Å². The number of carbonyl (C=O) groups excluding carboxylic acids is 1. The Hall–Kier alpha value is -2.37. The summed E-state index contributed by atoms with van der Waals surface area (Å²) in [6.07, 6.45) is 0. The molecule has 0 spiro atoms. The molecule has 1 amide bonds. The van der Waals surface area contributed by atoms with Crippen LogP contribution < -0.4 is 5.32 Å². The fourth-order valence-corrected chi connectivity index (χ4v) is 3.29. The van der Waals surface area contributed by atoms with Crippen LogP contribution in [0.2, 0.25) is 10.0 Å². The van der Waals surface area contributed by atoms with Gasteiger partial charge in [0.25, 0.3) is 5.91 Å². The van der Waals surface area contributed by atoms with E-state index < -0.39 is 0 Å². The number of nitrogens with one attached hydrogen (secondary N) is 1.